The smallest absolute Gasteiger partial charge is 0.323 e. The number of carbonyl (C=O) groups is 3. The van der Waals surface area contributed by atoms with Crippen molar-refractivity contribution < 1.29 is 19.5 Å². The molecule has 1 aliphatic heterocycles. The van der Waals surface area contributed by atoms with E-state index in [9.17, 15) is 14.4 Å². The Morgan fingerprint density at radius 3 is 2.38 bits per heavy atom. The predicted molar refractivity (Wildman–Crippen MR) is 89.3 cm³/mol. The van der Waals surface area contributed by atoms with Crippen LogP contribution in [0, 0.1) is 5.92 Å². The molecule has 1 N–H and O–H groups in total. The number of likely N-dealkylation sites (N-methyl/N-ethyl adjacent to an activating group) is 1. The molecule has 1 aromatic rings. The van der Waals surface area contributed by atoms with Gasteiger partial charge in [0.05, 0.1) is 0 Å². The van der Waals surface area contributed by atoms with Crippen LogP contribution in [0.25, 0.3) is 0 Å². The van der Waals surface area contributed by atoms with E-state index in [2.05, 4.69) is 0 Å². The van der Waals surface area contributed by atoms with E-state index >= 15 is 0 Å². The number of aliphatic carboxylic acids is 1. The van der Waals surface area contributed by atoms with Gasteiger partial charge < -0.3 is 14.9 Å². The lowest BCUT2D eigenvalue weighted by Gasteiger charge is -2.33. The summed E-state index contributed by atoms with van der Waals surface area (Å²) in [5.41, 5.74) is 1.14. The van der Waals surface area contributed by atoms with Gasteiger partial charge in [-0.15, -0.1) is 0 Å². The van der Waals surface area contributed by atoms with E-state index in [1.807, 2.05) is 35.2 Å². The van der Waals surface area contributed by atoms with Gasteiger partial charge in [0.1, 0.15) is 6.54 Å². The van der Waals surface area contributed by atoms with Crippen molar-refractivity contribution in [2.45, 2.75) is 25.7 Å². The van der Waals surface area contributed by atoms with E-state index in [0.29, 0.717) is 32.4 Å². The monoisotopic (exact) mass is 332 g/mol. The molecule has 2 rings (SSSR count). The molecule has 6 nitrogen and oxygen atoms in total. The molecule has 1 heterocycles. The molecule has 0 aliphatic carbocycles. The first-order chi connectivity index (χ1) is 11.5. The fourth-order valence-electron chi connectivity index (χ4n) is 3.02. The van der Waals surface area contributed by atoms with E-state index in [-0.39, 0.29) is 24.3 Å². The summed E-state index contributed by atoms with van der Waals surface area (Å²) in [6, 6.07) is 9.90. The number of likely N-dealkylation sites (tertiary alicyclic amines) is 1. The second kappa shape index (κ2) is 8.47. The molecule has 130 valence electrons. The largest absolute Gasteiger partial charge is 0.480 e. The molecule has 0 atom stereocenters. The molecule has 0 bridgehead atoms. The van der Waals surface area contributed by atoms with Gasteiger partial charge in [-0.25, -0.2) is 0 Å². The average molecular weight is 332 g/mol. The van der Waals surface area contributed by atoms with Crippen LogP contribution in [0.4, 0.5) is 0 Å². The molecular formula is C18H24N2O4. The third kappa shape index (κ3) is 5.08. The third-order valence-corrected chi connectivity index (χ3v) is 4.42. The van der Waals surface area contributed by atoms with E-state index in [0.717, 1.165) is 12.0 Å². The van der Waals surface area contributed by atoms with Gasteiger partial charge in [-0.3, -0.25) is 14.4 Å². The zero-order chi connectivity index (χ0) is 17.5. The number of carbonyl (C=O) groups excluding carboxylic acids is 2. The Kier molecular flexibility index (Phi) is 6.35. The van der Waals surface area contributed by atoms with E-state index < -0.39 is 5.97 Å². The van der Waals surface area contributed by atoms with Crippen molar-refractivity contribution in [2.75, 3.05) is 26.7 Å². The summed E-state index contributed by atoms with van der Waals surface area (Å²) >= 11 is 0. The summed E-state index contributed by atoms with van der Waals surface area (Å²) in [6.45, 7) is 0.838. The number of aryl methyl sites for hydroxylation is 1. The molecule has 24 heavy (non-hydrogen) atoms. The molecule has 2 amide bonds. The number of hydrogen-bond donors (Lipinski definition) is 1. The predicted octanol–water partition coefficient (Wildman–Crippen LogP) is 1.40. The fourth-order valence-corrected chi connectivity index (χ4v) is 3.02. The maximum atomic E-state index is 12.3. The maximum absolute atomic E-state index is 12.3. The molecule has 0 aromatic heterocycles. The molecule has 0 radical (unpaired) electrons. The average Bonchev–Trinajstić information content (AvgIpc) is 2.59. The molecule has 6 heteroatoms. The second-order valence-corrected chi connectivity index (χ2v) is 6.23. The van der Waals surface area contributed by atoms with Crippen LogP contribution in [0.3, 0.4) is 0 Å². The van der Waals surface area contributed by atoms with Crippen molar-refractivity contribution in [3.05, 3.63) is 35.9 Å². The van der Waals surface area contributed by atoms with Crippen LogP contribution in [0.2, 0.25) is 0 Å². The number of piperidine rings is 1. The van der Waals surface area contributed by atoms with Crippen molar-refractivity contribution in [3.8, 4) is 0 Å². The van der Waals surface area contributed by atoms with Gasteiger partial charge in [-0.1, -0.05) is 30.3 Å². The highest BCUT2D eigenvalue weighted by Gasteiger charge is 2.29. The molecule has 1 fully saturated rings. The Morgan fingerprint density at radius 1 is 1.17 bits per heavy atom. The first-order valence-corrected chi connectivity index (χ1v) is 8.26. The number of amides is 2. The summed E-state index contributed by atoms with van der Waals surface area (Å²) in [6.07, 6.45) is 2.39. The zero-order valence-electron chi connectivity index (χ0n) is 14.0. The highest BCUT2D eigenvalue weighted by molar-refractivity contribution is 5.83. The Labute approximate surface area is 142 Å². The van der Waals surface area contributed by atoms with E-state index in [1.165, 1.54) is 11.9 Å². The minimum Gasteiger partial charge on any atom is -0.480 e. The SMILES string of the molecule is CN(CC(=O)O)C(=O)C1CCN(C(=O)CCc2ccccc2)CC1. The quantitative estimate of drug-likeness (QED) is 0.854. The Balaban J connectivity index is 1.76. The van der Waals surface area contributed by atoms with Crippen LogP contribution in [-0.4, -0.2) is 59.4 Å². The Bertz CT molecular complexity index is 580. The van der Waals surface area contributed by atoms with Crippen LogP contribution < -0.4 is 0 Å². The molecular weight excluding hydrogens is 308 g/mol. The van der Waals surface area contributed by atoms with Gasteiger partial charge in [0.15, 0.2) is 0 Å². The van der Waals surface area contributed by atoms with Gasteiger partial charge in [0.25, 0.3) is 0 Å². The van der Waals surface area contributed by atoms with Crippen LogP contribution in [0.1, 0.15) is 24.8 Å². The summed E-state index contributed by atoms with van der Waals surface area (Å²) < 4.78 is 0. The van der Waals surface area contributed by atoms with E-state index in [4.69, 9.17) is 5.11 Å². The highest BCUT2D eigenvalue weighted by atomic mass is 16.4. The minimum absolute atomic E-state index is 0.114. The second-order valence-electron chi connectivity index (χ2n) is 6.23. The van der Waals surface area contributed by atoms with Gasteiger partial charge in [-0.05, 0) is 24.8 Å². The van der Waals surface area contributed by atoms with Gasteiger partial charge >= 0.3 is 5.97 Å². The number of carboxylic acids is 1. The number of hydrogen-bond acceptors (Lipinski definition) is 3. The van der Waals surface area contributed by atoms with E-state index in [1.54, 1.807) is 0 Å². The summed E-state index contributed by atoms with van der Waals surface area (Å²) in [7, 11) is 1.51. The van der Waals surface area contributed by atoms with Crippen molar-refractivity contribution in [1.82, 2.24) is 9.80 Å². The lowest BCUT2D eigenvalue weighted by Crippen LogP contribution is -2.44. The summed E-state index contributed by atoms with van der Waals surface area (Å²) in [5.74, 6) is -1.23. The van der Waals surface area contributed by atoms with Crippen molar-refractivity contribution >= 4 is 17.8 Å². The van der Waals surface area contributed by atoms with Crippen molar-refractivity contribution in [3.63, 3.8) is 0 Å². The van der Waals surface area contributed by atoms with Crippen LogP contribution in [0.15, 0.2) is 30.3 Å². The Hall–Kier alpha value is -2.37. The third-order valence-electron chi connectivity index (χ3n) is 4.42. The van der Waals surface area contributed by atoms with Gasteiger partial charge in [0.2, 0.25) is 11.8 Å². The first kappa shape index (κ1) is 18.0. The maximum Gasteiger partial charge on any atom is 0.323 e. The molecule has 1 aliphatic rings. The molecule has 0 unspecified atom stereocenters. The Morgan fingerprint density at radius 2 is 1.79 bits per heavy atom. The van der Waals surface area contributed by atoms with Crippen molar-refractivity contribution in [1.29, 1.82) is 0 Å². The van der Waals surface area contributed by atoms with Gasteiger partial charge in [0, 0.05) is 32.5 Å². The molecule has 1 saturated heterocycles. The normalized spacial score (nSPS) is 15.1. The molecule has 0 saturated carbocycles. The standard InChI is InChI=1S/C18H24N2O4/c1-19(13-17(22)23)18(24)15-9-11-20(12-10-15)16(21)8-7-14-5-3-2-4-6-14/h2-6,15H,7-13H2,1H3,(H,22,23). The van der Waals surface area contributed by atoms with Gasteiger partial charge in [-0.2, -0.15) is 0 Å². The lowest BCUT2D eigenvalue weighted by atomic mass is 9.95. The topological polar surface area (TPSA) is 77.9 Å². The minimum atomic E-state index is -1.01. The number of rotatable bonds is 6. The van der Waals surface area contributed by atoms with Crippen LogP contribution >= 0.6 is 0 Å². The summed E-state index contributed by atoms with van der Waals surface area (Å²) in [5, 5.41) is 8.75. The number of carboxylic acid groups (broad SMARTS) is 1. The van der Waals surface area contributed by atoms with Crippen LogP contribution in [-0.2, 0) is 20.8 Å². The highest BCUT2D eigenvalue weighted by Crippen LogP contribution is 2.20. The fraction of sp³-hybridized carbons (Fsp3) is 0.500. The molecule has 0 spiro atoms. The number of benzene rings is 1. The zero-order valence-corrected chi connectivity index (χ0v) is 14.0. The van der Waals surface area contributed by atoms with Crippen LogP contribution in [0.5, 0.6) is 0 Å². The van der Waals surface area contributed by atoms with Crippen molar-refractivity contribution in [2.24, 2.45) is 5.92 Å². The lowest BCUT2D eigenvalue weighted by molar-refractivity contribution is -0.146. The summed E-state index contributed by atoms with van der Waals surface area (Å²) in [4.78, 5) is 38.2. The number of nitrogens with zero attached hydrogens (tertiary/aromatic N) is 2. The first-order valence-electron chi connectivity index (χ1n) is 8.26. The molecule has 1 aromatic carbocycles.